The summed E-state index contributed by atoms with van der Waals surface area (Å²) in [5.74, 6) is 0.531. The van der Waals surface area contributed by atoms with E-state index in [2.05, 4.69) is 10.6 Å². The van der Waals surface area contributed by atoms with Gasteiger partial charge in [-0.25, -0.2) is 4.79 Å². The summed E-state index contributed by atoms with van der Waals surface area (Å²) in [7, 11) is 0. The Hall–Kier alpha value is -3.28. The predicted octanol–water partition coefficient (Wildman–Crippen LogP) is 6.00. The van der Waals surface area contributed by atoms with Gasteiger partial charge in [-0.15, -0.1) is 0 Å². The summed E-state index contributed by atoms with van der Waals surface area (Å²) in [6.45, 7) is 2.83. The highest BCUT2D eigenvalue weighted by molar-refractivity contribution is 5.99. The Morgan fingerprint density at radius 1 is 0.944 bits per heavy atom. The number of carboxylic acids is 1. The largest absolute Gasteiger partial charge is 0.491 e. The van der Waals surface area contributed by atoms with Crippen molar-refractivity contribution in [2.24, 2.45) is 0 Å². The number of likely N-dealkylation sites (tertiary alicyclic amines) is 1. The highest BCUT2D eigenvalue weighted by Gasteiger charge is 2.31. The molecule has 6 rings (SSSR count). The second kappa shape index (κ2) is 9.64. The molecule has 1 saturated carbocycles. The molecule has 6 heteroatoms. The molecule has 188 valence electrons. The normalized spacial score (nSPS) is 18.3. The van der Waals surface area contributed by atoms with Crippen molar-refractivity contribution in [3.8, 4) is 17.0 Å². The fourth-order valence-corrected chi connectivity index (χ4v) is 6.57. The van der Waals surface area contributed by atoms with Crippen molar-refractivity contribution in [3.05, 3.63) is 53.1 Å². The topological polar surface area (TPSA) is 71.8 Å². The number of benzene rings is 2. The molecule has 3 aromatic rings. The van der Waals surface area contributed by atoms with Gasteiger partial charge in [0, 0.05) is 35.1 Å². The summed E-state index contributed by atoms with van der Waals surface area (Å²) in [5.41, 5.74) is 5.74. The monoisotopic (exact) mass is 486 g/mol. The molecule has 1 aromatic heterocycles. The predicted molar refractivity (Wildman–Crippen MR) is 140 cm³/mol. The lowest BCUT2D eigenvalue weighted by molar-refractivity contribution is -0.131. The molecule has 0 radical (unpaired) electrons. The number of aromatic carboxylic acids is 1. The van der Waals surface area contributed by atoms with Crippen LogP contribution in [0.15, 0.2) is 36.4 Å². The first kappa shape index (κ1) is 23.1. The van der Waals surface area contributed by atoms with Gasteiger partial charge in [-0.1, -0.05) is 37.5 Å². The maximum atomic E-state index is 13.2. The van der Waals surface area contributed by atoms with Crippen LogP contribution in [0, 0.1) is 0 Å². The van der Waals surface area contributed by atoms with E-state index in [-0.39, 0.29) is 5.91 Å². The van der Waals surface area contributed by atoms with Crippen LogP contribution in [0.5, 0.6) is 5.75 Å². The maximum Gasteiger partial charge on any atom is 0.335 e. The Labute approximate surface area is 211 Å². The SMILES string of the molecule is O=C(O)c1ccc2c(C3CCCCC3)c3n(c2c1)CCOc1c(CC(=O)N2CCCCC2)cccc1-3. The minimum absolute atomic E-state index is 0.176. The first-order chi connectivity index (χ1) is 17.6. The first-order valence-corrected chi connectivity index (χ1v) is 13.5. The van der Waals surface area contributed by atoms with E-state index in [1.807, 2.05) is 29.2 Å². The molecule has 1 N–H and O–H groups in total. The minimum Gasteiger partial charge on any atom is -0.491 e. The molecule has 1 saturated heterocycles. The molecule has 2 aliphatic heterocycles. The van der Waals surface area contributed by atoms with Gasteiger partial charge in [0.15, 0.2) is 0 Å². The van der Waals surface area contributed by atoms with E-state index >= 15 is 0 Å². The summed E-state index contributed by atoms with van der Waals surface area (Å²) >= 11 is 0. The Bertz CT molecular complexity index is 1310. The van der Waals surface area contributed by atoms with Gasteiger partial charge in [0.05, 0.1) is 24.2 Å². The van der Waals surface area contributed by atoms with Crippen LogP contribution in [0.3, 0.4) is 0 Å². The van der Waals surface area contributed by atoms with Crippen LogP contribution >= 0.6 is 0 Å². The lowest BCUT2D eigenvalue weighted by Crippen LogP contribution is -2.36. The van der Waals surface area contributed by atoms with Crippen LogP contribution < -0.4 is 4.74 Å². The van der Waals surface area contributed by atoms with Crippen molar-refractivity contribution in [1.29, 1.82) is 0 Å². The molecule has 0 unspecified atom stereocenters. The van der Waals surface area contributed by atoms with Gasteiger partial charge in [-0.3, -0.25) is 4.79 Å². The number of hydrogen-bond donors (Lipinski definition) is 1. The third kappa shape index (κ3) is 4.06. The number of carboxylic acid groups (broad SMARTS) is 1. The standard InChI is InChI=1S/C30H34N2O4/c33-26(31-14-5-2-6-15-31)19-21-10-7-11-24-28-27(20-8-3-1-4-9-20)23-13-12-22(30(34)35)18-25(23)32(28)16-17-36-29(21)24/h7,10-13,18,20H,1-6,8-9,14-17,19H2,(H,34,35). The fourth-order valence-electron chi connectivity index (χ4n) is 6.57. The molecular weight excluding hydrogens is 452 g/mol. The molecule has 2 aromatic carbocycles. The van der Waals surface area contributed by atoms with Crippen LogP contribution in [0.4, 0.5) is 0 Å². The Kier molecular flexibility index (Phi) is 6.20. The summed E-state index contributed by atoms with van der Waals surface area (Å²) < 4.78 is 8.64. The second-order valence-electron chi connectivity index (χ2n) is 10.5. The highest BCUT2D eigenvalue weighted by Crippen LogP contribution is 2.48. The second-order valence-corrected chi connectivity index (χ2v) is 10.5. The Morgan fingerprint density at radius 3 is 2.50 bits per heavy atom. The van der Waals surface area contributed by atoms with Gasteiger partial charge < -0.3 is 19.3 Å². The average Bonchev–Trinajstić information content (AvgIpc) is 3.10. The van der Waals surface area contributed by atoms with Gasteiger partial charge in [0.2, 0.25) is 5.91 Å². The zero-order valence-electron chi connectivity index (χ0n) is 20.8. The zero-order valence-corrected chi connectivity index (χ0v) is 20.8. The van der Waals surface area contributed by atoms with Crippen molar-refractivity contribution < 1.29 is 19.4 Å². The number of aromatic nitrogens is 1. The van der Waals surface area contributed by atoms with E-state index in [9.17, 15) is 14.7 Å². The summed E-state index contributed by atoms with van der Waals surface area (Å²) in [6, 6.07) is 11.8. The van der Waals surface area contributed by atoms with Crippen molar-refractivity contribution in [1.82, 2.24) is 9.47 Å². The van der Waals surface area contributed by atoms with E-state index in [1.165, 1.54) is 31.2 Å². The van der Waals surface area contributed by atoms with Gasteiger partial charge in [0.25, 0.3) is 0 Å². The molecule has 36 heavy (non-hydrogen) atoms. The number of para-hydroxylation sites is 1. The number of hydrogen-bond acceptors (Lipinski definition) is 3. The molecule has 0 spiro atoms. The zero-order chi connectivity index (χ0) is 24.6. The van der Waals surface area contributed by atoms with Crippen LogP contribution in [-0.4, -0.2) is 46.1 Å². The number of nitrogens with zero attached hydrogens (tertiary/aromatic N) is 2. The van der Waals surface area contributed by atoms with Gasteiger partial charge in [0.1, 0.15) is 12.4 Å². The molecule has 1 amide bonds. The molecule has 3 heterocycles. The van der Waals surface area contributed by atoms with Crippen LogP contribution in [0.1, 0.15) is 78.8 Å². The molecular formula is C30H34N2O4. The fraction of sp³-hybridized carbons (Fsp3) is 0.467. The first-order valence-electron chi connectivity index (χ1n) is 13.5. The smallest absolute Gasteiger partial charge is 0.335 e. The molecule has 3 aliphatic rings. The number of amides is 1. The van der Waals surface area contributed by atoms with Gasteiger partial charge >= 0.3 is 5.97 Å². The molecule has 0 atom stereocenters. The minimum atomic E-state index is -0.907. The third-order valence-electron chi connectivity index (χ3n) is 8.33. The number of piperidine rings is 1. The summed E-state index contributed by atoms with van der Waals surface area (Å²) in [5, 5.41) is 10.8. The van der Waals surface area contributed by atoms with E-state index < -0.39 is 5.97 Å². The number of rotatable bonds is 4. The summed E-state index contributed by atoms with van der Waals surface area (Å²) in [6.07, 6.45) is 9.73. The van der Waals surface area contributed by atoms with Gasteiger partial charge in [-0.2, -0.15) is 0 Å². The van der Waals surface area contributed by atoms with Crippen molar-refractivity contribution >= 4 is 22.8 Å². The van der Waals surface area contributed by atoms with Crippen molar-refractivity contribution in [2.45, 2.75) is 70.3 Å². The molecule has 1 aliphatic carbocycles. The molecule has 6 nitrogen and oxygen atoms in total. The van der Waals surface area contributed by atoms with E-state index in [4.69, 9.17) is 4.74 Å². The van der Waals surface area contributed by atoms with Crippen LogP contribution in [0.2, 0.25) is 0 Å². The molecule has 2 fully saturated rings. The lowest BCUT2D eigenvalue weighted by atomic mass is 9.81. The quantitative estimate of drug-likeness (QED) is 0.491. The van der Waals surface area contributed by atoms with Crippen LogP contribution in [0.25, 0.3) is 22.2 Å². The van der Waals surface area contributed by atoms with Crippen molar-refractivity contribution in [2.75, 3.05) is 19.7 Å². The average molecular weight is 487 g/mol. The van der Waals surface area contributed by atoms with Crippen molar-refractivity contribution in [3.63, 3.8) is 0 Å². The van der Waals surface area contributed by atoms with E-state index in [0.29, 0.717) is 31.1 Å². The third-order valence-corrected chi connectivity index (χ3v) is 8.33. The Balaban J connectivity index is 1.50. The Morgan fingerprint density at radius 2 is 1.72 bits per heavy atom. The van der Waals surface area contributed by atoms with E-state index in [0.717, 1.165) is 72.2 Å². The maximum absolute atomic E-state index is 13.2. The summed E-state index contributed by atoms with van der Waals surface area (Å²) in [4.78, 5) is 26.9. The van der Waals surface area contributed by atoms with Gasteiger partial charge in [-0.05, 0) is 61.8 Å². The highest BCUT2D eigenvalue weighted by atomic mass is 16.5. The van der Waals surface area contributed by atoms with Crippen LogP contribution in [-0.2, 0) is 17.8 Å². The molecule has 0 bridgehead atoms. The number of carbonyl (C=O) groups is 2. The number of ether oxygens (including phenoxy) is 1. The number of fused-ring (bicyclic) bond motifs is 5. The van der Waals surface area contributed by atoms with E-state index in [1.54, 1.807) is 6.07 Å². The lowest BCUT2D eigenvalue weighted by Gasteiger charge is -2.27. The number of carbonyl (C=O) groups excluding carboxylic acids is 1.